The number of benzene rings is 1. The van der Waals surface area contributed by atoms with E-state index < -0.39 is 0 Å². The van der Waals surface area contributed by atoms with Crippen LogP contribution in [0.4, 0.5) is 5.69 Å². The first-order valence-corrected chi connectivity index (χ1v) is 6.94. The standard InChI is InChI=1S/C15H20ClNO/c1-10(2)13-6-7-15(14(16)8-13)17(11(3)18)9-12-4-5-12/h6-8,10,12H,4-5,9H2,1-3H3. The molecule has 0 unspecified atom stereocenters. The zero-order valence-electron chi connectivity index (χ0n) is 11.2. The molecule has 1 aliphatic carbocycles. The summed E-state index contributed by atoms with van der Waals surface area (Å²) in [6, 6.07) is 6.01. The van der Waals surface area contributed by atoms with Crippen molar-refractivity contribution in [2.24, 2.45) is 5.92 Å². The fourth-order valence-electron chi connectivity index (χ4n) is 2.06. The smallest absolute Gasteiger partial charge is 0.223 e. The highest BCUT2D eigenvalue weighted by Crippen LogP contribution is 2.35. The molecule has 2 nitrogen and oxygen atoms in total. The Morgan fingerprint density at radius 1 is 1.44 bits per heavy atom. The second-order valence-electron chi connectivity index (χ2n) is 5.44. The van der Waals surface area contributed by atoms with Crippen LogP contribution in [0.25, 0.3) is 0 Å². The van der Waals surface area contributed by atoms with E-state index in [9.17, 15) is 4.79 Å². The van der Waals surface area contributed by atoms with E-state index >= 15 is 0 Å². The van der Waals surface area contributed by atoms with Crippen molar-refractivity contribution in [1.29, 1.82) is 0 Å². The van der Waals surface area contributed by atoms with Crippen molar-refractivity contribution in [3.05, 3.63) is 28.8 Å². The molecule has 0 aliphatic heterocycles. The number of amides is 1. The Bertz CT molecular complexity index is 452. The lowest BCUT2D eigenvalue weighted by molar-refractivity contribution is -0.116. The number of carbonyl (C=O) groups is 1. The van der Waals surface area contributed by atoms with Crippen molar-refractivity contribution in [3.63, 3.8) is 0 Å². The number of carbonyl (C=O) groups excluding carboxylic acids is 1. The second-order valence-corrected chi connectivity index (χ2v) is 5.85. The highest BCUT2D eigenvalue weighted by Gasteiger charge is 2.27. The van der Waals surface area contributed by atoms with Gasteiger partial charge in [-0.15, -0.1) is 0 Å². The van der Waals surface area contributed by atoms with Gasteiger partial charge >= 0.3 is 0 Å². The third kappa shape index (κ3) is 3.05. The van der Waals surface area contributed by atoms with Crippen LogP contribution in [-0.2, 0) is 4.79 Å². The lowest BCUT2D eigenvalue weighted by Crippen LogP contribution is -2.30. The van der Waals surface area contributed by atoms with Crippen molar-refractivity contribution in [1.82, 2.24) is 0 Å². The van der Waals surface area contributed by atoms with Gasteiger partial charge in [-0.05, 0) is 42.4 Å². The lowest BCUT2D eigenvalue weighted by atomic mass is 10.0. The minimum absolute atomic E-state index is 0.0705. The summed E-state index contributed by atoms with van der Waals surface area (Å²) in [5, 5.41) is 0.678. The van der Waals surface area contributed by atoms with E-state index in [0.29, 0.717) is 16.9 Å². The first kappa shape index (κ1) is 13.4. The number of hydrogen-bond donors (Lipinski definition) is 0. The van der Waals surface area contributed by atoms with Crippen LogP contribution >= 0.6 is 11.6 Å². The van der Waals surface area contributed by atoms with Crippen LogP contribution < -0.4 is 4.90 Å². The van der Waals surface area contributed by atoms with Gasteiger partial charge in [-0.1, -0.05) is 31.5 Å². The minimum atomic E-state index is 0.0705. The monoisotopic (exact) mass is 265 g/mol. The normalized spacial score (nSPS) is 14.9. The maximum Gasteiger partial charge on any atom is 0.223 e. The second kappa shape index (κ2) is 5.31. The van der Waals surface area contributed by atoms with E-state index in [0.717, 1.165) is 12.2 Å². The molecule has 0 N–H and O–H groups in total. The number of nitrogens with zero attached hydrogens (tertiary/aromatic N) is 1. The first-order chi connectivity index (χ1) is 8.49. The Morgan fingerprint density at radius 3 is 2.56 bits per heavy atom. The molecule has 1 aliphatic rings. The molecule has 1 saturated carbocycles. The van der Waals surface area contributed by atoms with Crippen molar-refractivity contribution in [2.45, 2.75) is 39.5 Å². The fraction of sp³-hybridized carbons (Fsp3) is 0.533. The van der Waals surface area contributed by atoms with Gasteiger partial charge in [0.25, 0.3) is 0 Å². The van der Waals surface area contributed by atoms with Gasteiger partial charge in [0.2, 0.25) is 5.91 Å². The Hall–Kier alpha value is -1.02. The van der Waals surface area contributed by atoms with Crippen molar-refractivity contribution >= 4 is 23.2 Å². The third-order valence-electron chi connectivity index (χ3n) is 3.45. The highest BCUT2D eigenvalue weighted by molar-refractivity contribution is 6.33. The van der Waals surface area contributed by atoms with Gasteiger partial charge in [-0.2, -0.15) is 0 Å². The SMILES string of the molecule is CC(=O)N(CC1CC1)c1ccc(C(C)C)cc1Cl. The van der Waals surface area contributed by atoms with Crippen LogP contribution in [0.5, 0.6) is 0 Å². The minimum Gasteiger partial charge on any atom is -0.311 e. The summed E-state index contributed by atoms with van der Waals surface area (Å²) in [5.74, 6) is 1.18. The zero-order valence-corrected chi connectivity index (χ0v) is 12.0. The maximum absolute atomic E-state index is 11.7. The predicted octanol–water partition coefficient (Wildman–Crippen LogP) is 4.23. The molecule has 98 valence electrons. The van der Waals surface area contributed by atoms with E-state index in [1.54, 1.807) is 6.92 Å². The molecule has 3 heteroatoms. The van der Waals surface area contributed by atoms with Gasteiger partial charge in [0.05, 0.1) is 10.7 Å². The summed E-state index contributed by atoms with van der Waals surface area (Å²) < 4.78 is 0. The van der Waals surface area contributed by atoms with Gasteiger partial charge in [0, 0.05) is 13.5 Å². The molecular formula is C15H20ClNO. The summed E-state index contributed by atoms with van der Waals surface area (Å²) in [6.07, 6.45) is 2.46. The topological polar surface area (TPSA) is 20.3 Å². The molecule has 2 rings (SSSR count). The van der Waals surface area contributed by atoms with Crippen LogP contribution in [0.2, 0.25) is 5.02 Å². The molecule has 0 aromatic heterocycles. The Kier molecular flexibility index (Phi) is 3.96. The number of hydrogen-bond acceptors (Lipinski definition) is 1. The van der Waals surface area contributed by atoms with Gasteiger partial charge in [0.1, 0.15) is 0 Å². The van der Waals surface area contributed by atoms with Crippen LogP contribution in [0, 0.1) is 5.92 Å². The summed E-state index contributed by atoms with van der Waals surface area (Å²) in [5.41, 5.74) is 2.05. The fourth-order valence-corrected chi connectivity index (χ4v) is 2.35. The van der Waals surface area contributed by atoms with E-state index in [2.05, 4.69) is 19.9 Å². The van der Waals surface area contributed by atoms with E-state index in [1.807, 2.05) is 17.0 Å². The molecule has 0 atom stereocenters. The molecular weight excluding hydrogens is 246 g/mol. The summed E-state index contributed by atoms with van der Waals surface area (Å²) in [4.78, 5) is 13.6. The summed E-state index contributed by atoms with van der Waals surface area (Å²) in [6.45, 7) is 6.68. The molecule has 0 heterocycles. The molecule has 0 radical (unpaired) electrons. The Morgan fingerprint density at radius 2 is 2.11 bits per heavy atom. The molecule has 1 aromatic carbocycles. The van der Waals surface area contributed by atoms with E-state index in [-0.39, 0.29) is 5.91 Å². The predicted molar refractivity (Wildman–Crippen MR) is 76.3 cm³/mol. The molecule has 1 aromatic rings. The van der Waals surface area contributed by atoms with Crippen LogP contribution in [0.3, 0.4) is 0 Å². The summed E-state index contributed by atoms with van der Waals surface area (Å²) in [7, 11) is 0. The molecule has 0 bridgehead atoms. The summed E-state index contributed by atoms with van der Waals surface area (Å²) >= 11 is 6.32. The van der Waals surface area contributed by atoms with Gasteiger partial charge in [-0.3, -0.25) is 4.79 Å². The molecule has 18 heavy (non-hydrogen) atoms. The van der Waals surface area contributed by atoms with Gasteiger partial charge < -0.3 is 4.90 Å². The van der Waals surface area contributed by atoms with Crippen LogP contribution in [-0.4, -0.2) is 12.5 Å². The van der Waals surface area contributed by atoms with E-state index in [1.165, 1.54) is 18.4 Å². The van der Waals surface area contributed by atoms with Crippen molar-refractivity contribution in [2.75, 3.05) is 11.4 Å². The average Bonchev–Trinajstić information content (AvgIpc) is 3.09. The van der Waals surface area contributed by atoms with Crippen LogP contribution in [0.1, 0.15) is 45.1 Å². The molecule has 1 fully saturated rings. The van der Waals surface area contributed by atoms with E-state index in [4.69, 9.17) is 11.6 Å². The quantitative estimate of drug-likeness (QED) is 0.798. The third-order valence-corrected chi connectivity index (χ3v) is 3.75. The van der Waals surface area contributed by atoms with Crippen LogP contribution in [0.15, 0.2) is 18.2 Å². The van der Waals surface area contributed by atoms with Crippen molar-refractivity contribution < 1.29 is 4.79 Å². The molecule has 0 spiro atoms. The van der Waals surface area contributed by atoms with Gasteiger partial charge in [0.15, 0.2) is 0 Å². The lowest BCUT2D eigenvalue weighted by Gasteiger charge is -2.23. The number of halogens is 1. The molecule has 1 amide bonds. The molecule has 0 saturated heterocycles. The maximum atomic E-state index is 11.7. The number of rotatable bonds is 4. The highest BCUT2D eigenvalue weighted by atomic mass is 35.5. The first-order valence-electron chi connectivity index (χ1n) is 6.56. The average molecular weight is 266 g/mol. The Balaban J connectivity index is 2.26. The number of anilines is 1. The Labute approximate surface area is 114 Å². The van der Waals surface area contributed by atoms with Gasteiger partial charge in [-0.25, -0.2) is 0 Å². The zero-order chi connectivity index (χ0) is 13.3. The largest absolute Gasteiger partial charge is 0.311 e. The van der Waals surface area contributed by atoms with Crippen molar-refractivity contribution in [3.8, 4) is 0 Å².